The fraction of sp³-hybridized carbons (Fsp3) is 0.500. The molecule has 1 unspecified atom stereocenters. The molecule has 0 heterocycles. The standard InChI is InChI=1S/C14H21NO3/c1-4-18-13(14(16)17)9-10-15(3)12-8-6-5-7-11(12)2/h5-8,13H,4,9-10H2,1-3H3,(H,16,17). The first-order valence-electron chi connectivity index (χ1n) is 6.17. The summed E-state index contributed by atoms with van der Waals surface area (Å²) in [7, 11) is 1.97. The van der Waals surface area contributed by atoms with Gasteiger partial charge in [0.2, 0.25) is 0 Å². The average Bonchev–Trinajstić information content (AvgIpc) is 2.34. The Morgan fingerprint density at radius 3 is 2.67 bits per heavy atom. The molecule has 1 atom stereocenters. The Labute approximate surface area is 108 Å². The molecule has 0 radical (unpaired) electrons. The lowest BCUT2D eigenvalue weighted by Gasteiger charge is -2.23. The minimum absolute atomic E-state index is 0.422. The molecule has 4 heteroatoms. The Morgan fingerprint density at radius 1 is 1.44 bits per heavy atom. The third kappa shape index (κ3) is 4.04. The largest absolute Gasteiger partial charge is 0.479 e. The highest BCUT2D eigenvalue weighted by atomic mass is 16.5. The van der Waals surface area contributed by atoms with Gasteiger partial charge in [0.15, 0.2) is 6.10 Å². The van der Waals surface area contributed by atoms with Crippen molar-refractivity contribution in [3.8, 4) is 0 Å². The van der Waals surface area contributed by atoms with Gasteiger partial charge in [-0.05, 0) is 25.5 Å². The van der Waals surface area contributed by atoms with Gasteiger partial charge in [0.25, 0.3) is 0 Å². The van der Waals surface area contributed by atoms with Gasteiger partial charge < -0.3 is 14.7 Å². The van der Waals surface area contributed by atoms with E-state index in [9.17, 15) is 4.79 Å². The number of hydrogen-bond acceptors (Lipinski definition) is 3. The van der Waals surface area contributed by atoms with Crippen LogP contribution in [0.4, 0.5) is 5.69 Å². The number of aryl methyl sites for hydroxylation is 1. The van der Waals surface area contributed by atoms with Crippen LogP contribution in [0.15, 0.2) is 24.3 Å². The monoisotopic (exact) mass is 251 g/mol. The van der Waals surface area contributed by atoms with Crippen LogP contribution < -0.4 is 4.90 Å². The number of rotatable bonds is 7. The summed E-state index contributed by atoms with van der Waals surface area (Å²) in [5.41, 5.74) is 2.31. The van der Waals surface area contributed by atoms with Crippen molar-refractivity contribution in [1.29, 1.82) is 0 Å². The van der Waals surface area contributed by atoms with Crippen molar-refractivity contribution < 1.29 is 14.6 Å². The van der Waals surface area contributed by atoms with Gasteiger partial charge in [-0.3, -0.25) is 0 Å². The van der Waals surface area contributed by atoms with Crippen LogP contribution in [0, 0.1) is 6.92 Å². The van der Waals surface area contributed by atoms with Crippen LogP contribution >= 0.6 is 0 Å². The number of carboxylic acid groups (broad SMARTS) is 1. The van der Waals surface area contributed by atoms with Crippen molar-refractivity contribution in [2.45, 2.75) is 26.4 Å². The van der Waals surface area contributed by atoms with E-state index in [2.05, 4.69) is 4.90 Å². The number of hydrogen-bond donors (Lipinski definition) is 1. The van der Waals surface area contributed by atoms with Crippen LogP contribution in [-0.2, 0) is 9.53 Å². The summed E-state index contributed by atoms with van der Waals surface area (Å²) >= 11 is 0. The highest BCUT2D eigenvalue weighted by molar-refractivity contribution is 5.72. The number of nitrogens with zero attached hydrogens (tertiary/aromatic N) is 1. The lowest BCUT2D eigenvalue weighted by Crippen LogP contribution is -2.30. The van der Waals surface area contributed by atoms with Gasteiger partial charge in [-0.1, -0.05) is 18.2 Å². The second-order valence-electron chi connectivity index (χ2n) is 4.28. The number of aliphatic carboxylic acids is 1. The van der Waals surface area contributed by atoms with E-state index in [1.54, 1.807) is 6.92 Å². The molecule has 0 amide bonds. The molecular weight excluding hydrogens is 230 g/mol. The number of carbonyl (C=O) groups is 1. The maximum absolute atomic E-state index is 11.0. The second kappa shape index (κ2) is 7.01. The average molecular weight is 251 g/mol. The molecule has 0 spiro atoms. The summed E-state index contributed by atoms with van der Waals surface area (Å²) in [6, 6.07) is 8.05. The lowest BCUT2D eigenvalue weighted by atomic mass is 10.1. The quantitative estimate of drug-likeness (QED) is 0.808. The van der Waals surface area contributed by atoms with Crippen molar-refractivity contribution in [3.05, 3.63) is 29.8 Å². The van der Waals surface area contributed by atoms with Crippen molar-refractivity contribution in [3.63, 3.8) is 0 Å². The Balaban J connectivity index is 2.57. The third-order valence-corrected chi connectivity index (χ3v) is 2.90. The van der Waals surface area contributed by atoms with E-state index in [0.29, 0.717) is 19.6 Å². The number of benzene rings is 1. The van der Waals surface area contributed by atoms with E-state index in [1.165, 1.54) is 5.56 Å². The first-order valence-corrected chi connectivity index (χ1v) is 6.17. The zero-order chi connectivity index (χ0) is 13.5. The molecule has 0 saturated heterocycles. The predicted molar refractivity (Wildman–Crippen MR) is 72.1 cm³/mol. The Hall–Kier alpha value is -1.55. The molecule has 1 rings (SSSR count). The molecule has 0 aliphatic heterocycles. The molecular formula is C14H21NO3. The smallest absolute Gasteiger partial charge is 0.332 e. The van der Waals surface area contributed by atoms with Gasteiger partial charge in [0.05, 0.1) is 0 Å². The second-order valence-corrected chi connectivity index (χ2v) is 4.28. The summed E-state index contributed by atoms with van der Waals surface area (Å²) in [4.78, 5) is 13.0. The minimum atomic E-state index is -0.893. The Bertz CT molecular complexity index is 392. The van der Waals surface area contributed by atoms with Crippen molar-refractivity contribution in [2.24, 2.45) is 0 Å². The molecule has 0 aliphatic rings. The fourth-order valence-corrected chi connectivity index (χ4v) is 1.90. The van der Waals surface area contributed by atoms with E-state index in [0.717, 1.165) is 5.69 Å². The summed E-state index contributed by atoms with van der Waals surface area (Å²) in [5.74, 6) is -0.893. The molecule has 0 aliphatic carbocycles. The highest BCUT2D eigenvalue weighted by Crippen LogP contribution is 2.18. The van der Waals surface area contributed by atoms with Crippen molar-refractivity contribution in [2.75, 3.05) is 25.1 Å². The summed E-state index contributed by atoms with van der Waals surface area (Å²) in [6.45, 7) is 4.93. The maximum Gasteiger partial charge on any atom is 0.332 e. The molecule has 0 bridgehead atoms. The molecule has 0 aromatic heterocycles. The third-order valence-electron chi connectivity index (χ3n) is 2.90. The van der Waals surface area contributed by atoms with Crippen LogP contribution in [0.5, 0.6) is 0 Å². The molecule has 18 heavy (non-hydrogen) atoms. The van der Waals surface area contributed by atoms with E-state index in [4.69, 9.17) is 9.84 Å². The number of para-hydroxylation sites is 1. The molecule has 0 saturated carbocycles. The zero-order valence-electron chi connectivity index (χ0n) is 11.2. The maximum atomic E-state index is 11.0. The molecule has 4 nitrogen and oxygen atoms in total. The number of anilines is 1. The first-order chi connectivity index (χ1) is 8.56. The van der Waals surface area contributed by atoms with E-state index in [-0.39, 0.29) is 0 Å². The normalized spacial score (nSPS) is 12.2. The molecule has 1 aromatic carbocycles. The van der Waals surface area contributed by atoms with Crippen LogP contribution in [0.25, 0.3) is 0 Å². The lowest BCUT2D eigenvalue weighted by molar-refractivity contribution is -0.150. The van der Waals surface area contributed by atoms with E-state index >= 15 is 0 Å². The SMILES string of the molecule is CCOC(CCN(C)c1ccccc1C)C(=O)O. The Kier molecular flexibility index (Phi) is 5.65. The molecule has 0 fully saturated rings. The van der Waals surface area contributed by atoms with Gasteiger partial charge in [0.1, 0.15) is 0 Å². The van der Waals surface area contributed by atoms with Crippen LogP contribution in [0.2, 0.25) is 0 Å². The fourth-order valence-electron chi connectivity index (χ4n) is 1.90. The Morgan fingerprint density at radius 2 is 2.11 bits per heavy atom. The van der Waals surface area contributed by atoms with Crippen LogP contribution in [-0.4, -0.2) is 37.4 Å². The highest BCUT2D eigenvalue weighted by Gasteiger charge is 2.18. The van der Waals surface area contributed by atoms with Gasteiger partial charge in [-0.15, -0.1) is 0 Å². The van der Waals surface area contributed by atoms with Gasteiger partial charge in [-0.25, -0.2) is 4.79 Å². The molecule has 100 valence electrons. The van der Waals surface area contributed by atoms with Crippen molar-refractivity contribution in [1.82, 2.24) is 0 Å². The van der Waals surface area contributed by atoms with Crippen molar-refractivity contribution >= 4 is 11.7 Å². The molecule has 1 aromatic rings. The summed E-state index contributed by atoms with van der Waals surface area (Å²) in [6.07, 6.45) is -0.241. The first kappa shape index (κ1) is 14.5. The van der Waals surface area contributed by atoms with Crippen LogP contribution in [0.1, 0.15) is 18.9 Å². The number of ether oxygens (including phenoxy) is 1. The number of carboxylic acids is 1. The summed E-state index contributed by atoms with van der Waals surface area (Å²) < 4.78 is 5.19. The summed E-state index contributed by atoms with van der Waals surface area (Å²) in [5, 5.41) is 9.00. The van der Waals surface area contributed by atoms with E-state index in [1.807, 2.05) is 38.2 Å². The molecule has 1 N–H and O–H groups in total. The van der Waals surface area contributed by atoms with Gasteiger partial charge >= 0.3 is 5.97 Å². The van der Waals surface area contributed by atoms with Gasteiger partial charge in [0, 0.05) is 32.3 Å². The topological polar surface area (TPSA) is 49.8 Å². The van der Waals surface area contributed by atoms with Gasteiger partial charge in [-0.2, -0.15) is 0 Å². The minimum Gasteiger partial charge on any atom is -0.479 e. The predicted octanol–water partition coefficient (Wildman–Crippen LogP) is 2.31. The zero-order valence-corrected chi connectivity index (χ0v) is 11.2. The van der Waals surface area contributed by atoms with E-state index < -0.39 is 12.1 Å². The van der Waals surface area contributed by atoms with Crippen LogP contribution in [0.3, 0.4) is 0 Å².